The van der Waals surface area contributed by atoms with E-state index in [0.717, 1.165) is 64.9 Å². The van der Waals surface area contributed by atoms with Crippen LogP contribution in [0.15, 0.2) is 30.3 Å². The van der Waals surface area contributed by atoms with Crippen LogP contribution in [0.1, 0.15) is 31.2 Å². The lowest BCUT2D eigenvalue weighted by Gasteiger charge is -2.38. The molecule has 1 amide bonds. The molecule has 0 spiro atoms. The van der Waals surface area contributed by atoms with Crippen molar-refractivity contribution in [3.8, 4) is 0 Å². The maximum absolute atomic E-state index is 13.1. The van der Waals surface area contributed by atoms with E-state index in [1.54, 1.807) is 7.11 Å². The fraction of sp³-hybridized carbons (Fsp3) is 0.667. The number of aryl methyl sites for hydroxylation is 1. The molecule has 0 aliphatic carbocycles. The second-order valence-electron chi connectivity index (χ2n) is 7.59. The molecule has 0 aromatic heterocycles. The van der Waals surface area contributed by atoms with Gasteiger partial charge in [-0.2, -0.15) is 0 Å². The normalized spacial score (nSPS) is 22.5. The van der Waals surface area contributed by atoms with Gasteiger partial charge in [0.2, 0.25) is 5.91 Å². The first kappa shape index (κ1) is 19.3. The molecule has 2 saturated heterocycles. The van der Waals surface area contributed by atoms with Gasteiger partial charge < -0.3 is 19.7 Å². The quantitative estimate of drug-likeness (QED) is 0.723. The van der Waals surface area contributed by atoms with E-state index in [1.807, 2.05) is 11.0 Å². The number of nitrogens with zero attached hydrogens (tertiary/aromatic N) is 1. The van der Waals surface area contributed by atoms with Gasteiger partial charge in [-0.3, -0.25) is 4.79 Å². The minimum absolute atomic E-state index is 0.177. The molecule has 1 aromatic rings. The molecule has 0 bridgehead atoms. The Hall–Kier alpha value is -1.43. The predicted molar refractivity (Wildman–Crippen MR) is 102 cm³/mol. The lowest BCUT2D eigenvalue weighted by molar-refractivity contribution is -0.147. The van der Waals surface area contributed by atoms with Crippen LogP contribution in [0.3, 0.4) is 0 Å². The van der Waals surface area contributed by atoms with Gasteiger partial charge in [-0.1, -0.05) is 30.3 Å². The zero-order valence-electron chi connectivity index (χ0n) is 15.9. The maximum atomic E-state index is 13.1. The number of benzene rings is 1. The van der Waals surface area contributed by atoms with Gasteiger partial charge in [0.05, 0.1) is 18.1 Å². The molecule has 144 valence electrons. The zero-order chi connectivity index (χ0) is 18.2. The third-order valence-corrected chi connectivity index (χ3v) is 5.67. The Morgan fingerprint density at radius 3 is 2.77 bits per heavy atom. The highest BCUT2D eigenvalue weighted by molar-refractivity contribution is 5.83. The van der Waals surface area contributed by atoms with E-state index in [2.05, 4.69) is 29.6 Å². The predicted octanol–water partition coefficient (Wildman–Crippen LogP) is 2.25. The average molecular weight is 360 g/mol. The first-order chi connectivity index (χ1) is 12.7. The van der Waals surface area contributed by atoms with E-state index in [0.29, 0.717) is 6.61 Å². The van der Waals surface area contributed by atoms with Crippen LogP contribution in [0.4, 0.5) is 0 Å². The van der Waals surface area contributed by atoms with E-state index in [1.165, 1.54) is 5.56 Å². The number of likely N-dealkylation sites (tertiary alicyclic amines) is 1. The summed E-state index contributed by atoms with van der Waals surface area (Å²) in [7, 11) is 1.69. The van der Waals surface area contributed by atoms with Crippen LogP contribution in [0, 0.1) is 5.41 Å². The monoisotopic (exact) mass is 360 g/mol. The van der Waals surface area contributed by atoms with Crippen molar-refractivity contribution in [2.45, 2.75) is 38.2 Å². The van der Waals surface area contributed by atoms with Gasteiger partial charge in [0.1, 0.15) is 0 Å². The number of methoxy groups -OCH3 is 1. The molecule has 2 heterocycles. The van der Waals surface area contributed by atoms with Crippen molar-refractivity contribution in [2.24, 2.45) is 5.41 Å². The molecule has 1 atom stereocenters. The van der Waals surface area contributed by atoms with Gasteiger partial charge >= 0.3 is 0 Å². The molecule has 2 aliphatic heterocycles. The van der Waals surface area contributed by atoms with E-state index in [4.69, 9.17) is 9.47 Å². The Labute approximate surface area is 157 Å². The second kappa shape index (κ2) is 9.49. The molecular formula is C21H32N2O3. The van der Waals surface area contributed by atoms with E-state index in [9.17, 15) is 4.79 Å². The van der Waals surface area contributed by atoms with Crippen LogP contribution in [0.2, 0.25) is 0 Å². The van der Waals surface area contributed by atoms with Gasteiger partial charge in [-0.05, 0) is 50.8 Å². The van der Waals surface area contributed by atoms with Crippen LogP contribution >= 0.6 is 0 Å². The maximum Gasteiger partial charge on any atom is 0.231 e. The lowest BCUT2D eigenvalue weighted by Crippen LogP contribution is -2.51. The van der Waals surface area contributed by atoms with Gasteiger partial charge in [0, 0.05) is 26.8 Å². The molecular weight excluding hydrogens is 328 g/mol. The minimum Gasteiger partial charge on any atom is -0.384 e. The molecule has 5 heteroatoms. The Kier molecular flexibility index (Phi) is 7.06. The summed E-state index contributed by atoms with van der Waals surface area (Å²) in [6.07, 6.45) is 4.90. The molecule has 2 aliphatic rings. The number of carbonyl (C=O) groups excluding carboxylic acids is 1. The summed E-state index contributed by atoms with van der Waals surface area (Å²) in [5, 5.41) is 3.35. The standard InChI is InChI=1S/C21H32N2O3/c1-25-17-21(10-12-22-13-11-21)20(24)23-14-9-19(16-23)26-15-5-8-18-6-3-2-4-7-18/h2-4,6-7,19,22H,5,8-17H2,1H3. The van der Waals surface area contributed by atoms with Crippen molar-refractivity contribution in [3.05, 3.63) is 35.9 Å². The topological polar surface area (TPSA) is 50.8 Å². The Morgan fingerprint density at radius 1 is 1.27 bits per heavy atom. The molecule has 1 aromatic carbocycles. The van der Waals surface area contributed by atoms with Crippen molar-refractivity contribution in [3.63, 3.8) is 0 Å². The number of rotatable bonds is 8. The van der Waals surface area contributed by atoms with Crippen LogP contribution in [0.25, 0.3) is 0 Å². The van der Waals surface area contributed by atoms with Gasteiger partial charge in [0.25, 0.3) is 0 Å². The van der Waals surface area contributed by atoms with Crippen LogP contribution in [-0.2, 0) is 20.7 Å². The minimum atomic E-state index is -0.345. The summed E-state index contributed by atoms with van der Waals surface area (Å²) in [4.78, 5) is 15.1. The van der Waals surface area contributed by atoms with E-state index in [-0.39, 0.29) is 17.4 Å². The van der Waals surface area contributed by atoms with Crippen molar-refractivity contribution in [1.29, 1.82) is 0 Å². The fourth-order valence-corrected chi connectivity index (χ4v) is 4.16. The third kappa shape index (κ3) is 4.84. The molecule has 5 nitrogen and oxygen atoms in total. The summed E-state index contributed by atoms with van der Waals surface area (Å²) in [6, 6.07) is 10.5. The first-order valence-corrected chi connectivity index (χ1v) is 9.88. The molecule has 1 unspecified atom stereocenters. The Bertz CT molecular complexity index is 552. The lowest BCUT2D eigenvalue weighted by atomic mass is 9.78. The van der Waals surface area contributed by atoms with Crippen LogP contribution in [-0.4, -0.2) is 63.4 Å². The van der Waals surface area contributed by atoms with Crippen LogP contribution in [0.5, 0.6) is 0 Å². The molecule has 3 rings (SSSR count). The molecule has 1 N–H and O–H groups in total. The van der Waals surface area contributed by atoms with Gasteiger partial charge in [-0.25, -0.2) is 0 Å². The number of hydrogen-bond donors (Lipinski definition) is 1. The Morgan fingerprint density at radius 2 is 2.04 bits per heavy atom. The van der Waals surface area contributed by atoms with Crippen molar-refractivity contribution >= 4 is 5.91 Å². The largest absolute Gasteiger partial charge is 0.384 e. The third-order valence-electron chi connectivity index (χ3n) is 5.67. The smallest absolute Gasteiger partial charge is 0.231 e. The van der Waals surface area contributed by atoms with Crippen molar-refractivity contribution in [2.75, 3.05) is 46.5 Å². The van der Waals surface area contributed by atoms with Crippen molar-refractivity contribution in [1.82, 2.24) is 10.2 Å². The molecule has 0 saturated carbocycles. The number of carbonyl (C=O) groups is 1. The summed E-state index contributed by atoms with van der Waals surface area (Å²) < 4.78 is 11.5. The SMILES string of the molecule is COCC1(C(=O)N2CCC(OCCCc3ccccc3)C2)CCNCC1. The molecule has 0 radical (unpaired) electrons. The first-order valence-electron chi connectivity index (χ1n) is 9.88. The Balaban J connectivity index is 1.43. The molecule has 2 fully saturated rings. The fourth-order valence-electron chi connectivity index (χ4n) is 4.16. The number of amides is 1. The van der Waals surface area contributed by atoms with E-state index >= 15 is 0 Å². The highest BCUT2D eigenvalue weighted by atomic mass is 16.5. The summed E-state index contributed by atoms with van der Waals surface area (Å²) in [6.45, 7) is 4.59. The van der Waals surface area contributed by atoms with Crippen LogP contribution < -0.4 is 5.32 Å². The summed E-state index contributed by atoms with van der Waals surface area (Å²) in [5.41, 5.74) is 1.01. The highest BCUT2D eigenvalue weighted by Crippen LogP contribution is 2.33. The second-order valence-corrected chi connectivity index (χ2v) is 7.59. The number of ether oxygens (including phenoxy) is 2. The van der Waals surface area contributed by atoms with Gasteiger partial charge in [-0.15, -0.1) is 0 Å². The number of piperidine rings is 1. The zero-order valence-corrected chi connectivity index (χ0v) is 15.9. The number of hydrogen-bond acceptors (Lipinski definition) is 4. The van der Waals surface area contributed by atoms with E-state index < -0.39 is 0 Å². The van der Waals surface area contributed by atoms with Crippen molar-refractivity contribution < 1.29 is 14.3 Å². The average Bonchev–Trinajstić information content (AvgIpc) is 3.15. The number of nitrogens with one attached hydrogen (secondary N) is 1. The summed E-state index contributed by atoms with van der Waals surface area (Å²) >= 11 is 0. The summed E-state index contributed by atoms with van der Waals surface area (Å²) in [5.74, 6) is 0.260. The van der Waals surface area contributed by atoms with Gasteiger partial charge in [0.15, 0.2) is 0 Å². The highest BCUT2D eigenvalue weighted by Gasteiger charge is 2.43. The molecule has 26 heavy (non-hydrogen) atoms.